The lowest BCUT2D eigenvalue weighted by Crippen LogP contribution is -1.95. The summed E-state index contributed by atoms with van der Waals surface area (Å²) in [6.07, 6.45) is 0.290. The molecule has 0 aliphatic carbocycles. The number of imidazole rings is 1. The Morgan fingerprint density at radius 3 is 2.94 bits per heavy atom. The van der Waals surface area contributed by atoms with Crippen LogP contribution in [0.2, 0.25) is 5.02 Å². The predicted octanol–water partition coefficient (Wildman–Crippen LogP) is 3.36. The maximum absolute atomic E-state index is 8.70. The molecule has 0 fully saturated rings. The molecule has 1 aromatic carbocycles. The number of hydrogen-bond donors (Lipinski definition) is 0. The number of nitriles is 1. The van der Waals surface area contributed by atoms with Crippen LogP contribution in [0.25, 0.3) is 11.0 Å². The minimum Gasteiger partial charge on any atom is -0.330 e. The molecular formula is C11H9BrClN3. The van der Waals surface area contributed by atoms with Crippen LogP contribution in [-0.2, 0) is 13.5 Å². The van der Waals surface area contributed by atoms with Crippen molar-refractivity contribution in [2.24, 2.45) is 7.05 Å². The highest BCUT2D eigenvalue weighted by molar-refractivity contribution is 9.10. The van der Waals surface area contributed by atoms with Gasteiger partial charge in [-0.3, -0.25) is 0 Å². The van der Waals surface area contributed by atoms with Crippen molar-refractivity contribution in [1.29, 1.82) is 5.26 Å². The monoisotopic (exact) mass is 297 g/mol. The van der Waals surface area contributed by atoms with E-state index in [1.807, 2.05) is 24.6 Å². The van der Waals surface area contributed by atoms with E-state index >= 15 is 0 Å². The van der Waals surface area contributed by atoms with Crippen molar-refractivity contribution in [2.75, 3.05) is 0 Å². The fraction of sp³-hybridized carbons (Fsp3) is 0.273. The summed E-state index contributed by atoms with van der Waals surface area (Å²) in [6, 6.07) is 4.11. The van der Waals surface area contributed by atoms with Crippen LogP contribution < -0.4 is 0 Å². The first kappa shape index (κ1) is 11.4. The van der Waals surface area contributed by atoms with E-state index in [1.165, 1.54) is 0 Å². The highest BCUT2D eigenvalue weighted by Crippen LogP contribution is 2.33. The SMILES string of the molecule is Cc1cc2c(nc(CC#N)n2C)c(Cl)c1Br. The van der Waals surface area contributed by atoms with Gasteiger partial charge in [0.2, 0.25) is 0 Å². The molecule has 0 saturated carbocycles. The molecule has 82 valence electrons. The lowest BCUT2D eigenvalue weighted by molar-refractivity contribution is 0.857. The summed E-state index contributed by atoms with van der Waals surface area (Å²) >= 11 is 9.64. The van der Waals surface area contributed by atoms with E-state index in [9.17, 15) is 0 Å². The molecule has 1 heterocycles. The number of aryl methyl sites for hydroxylation is 2. The van der Waals surface area contributed by atoms with E-state index in [4.69, 9.17) is 16.9 Å². The molecule has 1 aromatic heterocycles. The van der Waals surface area contributed by atoms with Crippen molar-refractivity contribution in [3.8, 4) is 6.07 Å². The highest BCUT2D eigenvalue weighted by Gasteiger charge is 2.14. The standard InChI is InChI=1S/C11H9BrClN3/c1-6-5-7-11(10(13)9(6)12)15-8(3-4-14)16(7)2/h5H,3H2,1-2H3. The Hall–Kier alpha value is -1.05. The smallest absolute Gasteiger partial charge is 0.123 e. The molecule has 0 saturated heterocycles. The van der Waals surface area contributed by atoms with Crippen molar-refractivity contribution in [3.63, 3.8) is 0 Å². The van der Waals surface area contributed by atoms with Crippen molar-refractivity contribution in [1.82, 2.24) is 9.55 Å². The second kappa shape index (κ2) is 4.08. The molecule has 0 amide bonds. The zero-order valence-corrected chi connectivity index (χ0v) is 11.2. The molecular weight excluding hydrogens is 289 g/mol. The minimum absolute atomic E-state index is 0.290. The van der Waals surface area contributed by atoms with E-state index in [0.29, 0.717) is 5.02 Å². The molecule has 5 heteroatoms. The normalized spacial score (nSPS) is 10.7. The summed E-state index contributed by atoms with van der Waals surface area (Å²) in [5, 5.41) is 9.31. The fourth-order valence-corrected chi connectivity index (χ4v) is 2.25. The molecule has 0 bridgehead atoms. The zero-order chi connectivity index (χ0) is 11.9. The first-order valence-electron chi connectivity index (χ1n) is 4.73. The molecule has 2 rings (SSSR count). The first-order chi connectivity index (χ1) is 7.56. The Kier molecular flexibility index (Phi) is 2.92. The quantitative estimate of drug-likeness (QED) is 0.810. The van der Waals surface area contributed by atoms with E-state index in [0.717, 1.165) is 26.9 Å². The summed E-state index contributed by atoms with van der Waals surface area (Å²) in [5.41, 5.74) is 2.76. The van der Waals surface area contributed by atoms with Gasteiger partial charge in [-0.15, -0.1) is 0 Å². The number of halogens is 2. The van der Waals surface area contributed by atoms with Crippen LogP contribution in [0.3, 0.4) is 0 Å². The van der Waals surface area contributed by atoms with Gasteiger partial charge in [-0.25, -0.2) is 4.98 Å². The molecule has 0 unspecified atom stereocenters. The highest BCUT2D eigenvalue weighted by atomic mass is 79.9. The van der Waals surface area contributed by atoms with Crippen LogP contribution in [0.15, 0.2) is 10.5 Å². The van der Waals surface area contributed by atoms with E-state index in [2.05, 4.69) is 27.0 Å². The third kappa shape index (κ3) is 1.60. The number of hydrogen-bond acceptors (Lipinski definition) is 2. The maximum Gasteiger partial charge on any atom is 0.123 e. The Morgan fingerprint density at radius 2 is 2.31 bits per heavy atom. The number of benzene rings is 1. The van der Waals surface area contributed by atoms with Crippen LogP contribution in [-0.4, -0.2) is 9.55 Å². The lowest BCUT2D eigenvalue weighted by atomic mass is 10.2. The molecule has 3 nitrogen and oxygen atoms in total. The van der Waals surface area contributed by atoms with E-state index < -0.39 is 0 Å². The van der Waals surface area contributed by atoms with Crippen LogP contribution in [0.1, 0.15) is 11.4 Å². The van der Waals surface area contributed by atoms with Gasteiger partial charge < -0.3 is 4.57 Å². The fourth-order valence-electron chi connectivity index (χ4n) is 1.66. The van der Waals surface area contributed by atoms with Gasteiger partial charge in [-0.1, -0.05) is 11.6 Å². The third-order valence-electron chi connectivity index (χ3n) is 2.57. The van der Waals surface area contributed by atoms with Crippen LogP contribution >= 0.6 is 27.5 Å². The van der Waals surface area contributed by atoms with E-state index in [1.54, 1.807) is 0 Å². The predicted molar refractivity (Wildman–Crippen MR) is 67.5 cm³/mol. The number of aromatic nitrogens is 2. The first-order valence-corrected chi connectivity index (χ1v) is 5.90. The van der Waals surface area contributed by atoms with Gasteiger partial charge in [-0.2, -0.15) is 5.26 Å². The molecule has 0 radical (unpaired) electrons. The van der Waals surface area contributed by atoms with Gasteiger partial charge in [0.25, 0.3) is 0 Å². The Morgan fingerprint density at radius 1 is 1.62 bits per heavy atom. The van der Waals surface area contributed by atoms with Gasteiger partial charge in [0.1, 0.15) is 11.3 Å². The number of rotatable bonds is 1. The summed E-state index contributed by atoms with van der Waals surface area (Å²) in [6.45, 7) is 1.98. The molecule has 0 atom stereocenters. The summed E-state index contributed by atoms with van der Waals surface area (Å²) < 4.78 is 2.77. The van der Waals surface area contributed by atoms with E-state index in [-0.39, 0.29) is 6.42 Å². The second-order valence-electron chi connectivity index (χ2n) is 3.61. The Balaban J connectivity index is 2.82. The third-order valence-corrected chi connectivity index (χ3v) is 4.19. The summed E-state index contributed by atoms with van der Waals surface area (Å²) in [4.78, 5) is 4.38. The second-order valence-corrected chi connectivity index (χ2v) is 4.78. The van der Waals surface area contributed by atoms with Crippen molar-refractivity contribution in [3.05, 3.63) is 26.9 Å². The average Bonchev–Trinajstić information content (AvgIpc) is 2.55. The lowest BCUT2D eigenvalue weighted by Gasteiger charge is -2.03. The topological polar surface area (TPSA) is 41.6 Å². The largest absolute Gasteiger partial charge is 0.330 e. The van der Waals surface area contributed by atoms with Gasteiger partial charge in [0, 0.05) is 11.5 Å². The number of fused-ring (bicyclic) bond motifs is 1. The van der Waals surface area contributed by atoms with Crippen LogP contribution in [0, 0.1) is 18.3 Å². The minimum atomic E-state index is 0.290. The van der Waals surface area contributed by atoms with Gasteiger partial charge in [0.15, 0.2) is 0 Å². The molecule has 0 N–H and O–H groups in total. The van der Waals surface area contributed by atoms with Gasteiger partial charge in [-0.05, 0) is 34.5 Å². The summed E-state index contributed by atoms with van der Waals surface area (Å²) in [7, 11) is 1.89. The molecule has 0 aliphatic heterocycles. The van der Waals surface area contributed by atoms with Crippen molar-refractivity contribution in [2.45, 2.75) is 13.3 Å². The van der Waals surface area contributed by atoms with Crippen LogP contribution in [0.5, 0.6) is 0 Å². The molecule has 0 aliphatic rings. The van der Waals surface area contributed by atoms with Crippen molar-refractivity contribution >= 4 is 38.6 Å². The molecule has 16 heavy (non-hydrogen) atoms. The molecule has 0 spiro atoms. The maximum atomic E-state index is 8.70. The zero-order valence-electron chi connectivity index (χ0n) is 8.88. The summed E-state index contributed by atoms with van der Waals surface area (Å²) in [5.74, 6) is 0.733. The van der Waals surface area contributed by atoms with Gasteiger partial charge in [0.05, 0.1) is 23.0 Å². The Bertz CT molecular complexity index is 610. The van der Waals surface area contributed by atoms with Crippen LogP contribution in [0.4, 0.5) is 0 Å². The van der Waals surface area contributed by atoms with Gasteiger partial charge >= 0.3 is 0 Å². The Labute approximate surface area is 107 Å². The number of nitrogens with zero attached hydrogens (tertiary/aromatic N) is 3. The van der Waals surface area contributed by atoms with Crippen molar-refractivity contribution < 1.29 is 0 Å². The average molecular weight is 299 g/mol. The molecule has 2 aromatic rings.